The van der Waals surface area contributed by atoms with Gasteiger partial charge in [0.15, 0.2) is 0 Å². The van der Waals surface area contributed by atoms with Gasteiger partial charge in [0.2, 0.25) is 0 Å². The first-order chi connectivity index (χ1) is 5.25. The van der Waals surface area contributed by atoms with Gasteiger partial charge in [-0.15, -0.1) is 0 Å². The van der Waals surface area contributed by atoms with Gasteiger partial charge in [-0.25, -0.2) is 5.84 Å². The van der Waals surface area contributed by atoms with Gasteiger partial charge in [-0.3, -0.25) is 15.2 Å². The van der Waals surface area contributed by atoms with Crippen LogP contribution >= 0.6 is 22.6 Å². The minimum absolute atomic E-state index is 0.317. The van der Waals surface area contributed by atoms with Gasteiger partial charge in [0.1, 0.15) is 0 Å². The first kappa shape index (κ1) is 8.41. The van der Waals surface area contributed by atoms with Crippen LogP contribution in [0.4, 0.5) is 0 Å². The molecule has 0 aromatic carbocycles. The molecule has 0 unspecified atom stereocenters. The summed E-state index contributed by atoms with van der Waals surface area (Å²) in [7, 11) is 0. The highest BCUT2D eigenvalue weighted by atomic mass is 127. The summed E-state index contributed by atoms with van der Waals surface area (Å²) in [6.07, 6.45) is 3.10. The third-order valence-corrected chi connectivity index (χ3v) is 2.08. The molecule has 0 radical (unpaired) electrons. The van der Waals surface area contributed by atoms with Crippen LogP contribution in [0.5, 0.6) is 0 Å². The molecule has 0 aliphatic heterocycles. The SMILES string of the molecule is NNC(=O)c1cnccc1I. The maximum absolute atomic E-state index is 11.0. The number of nitrogens with one attached hydrogen (secondary N) is 1. The molecule has 3 N–H and O–H groups in total. The number of rotatable bonds is 1. The Morgan fingerprint density at radius 3 is 3.00 bits per heavy atom. The number of carbonyl (C=O) groups excluding carboxylic acids is 1. The number of carbonyl (C=O) groups is 1. The van der Waals surface area contributed by atoms with E-state index in [1.54, 1.807) is 12.3 Å². The molecule has 1 heterocycles. The number of hydrazine groups is 1. The van der Waals surface area contributed by atoms with Gasteiger partial charge >= 0.3 is 0 Å². The van der Waals surface area contributed by atoms with E-state index >= 15 is 0 Å². The lowest BCUT2D eigenvalue weighted by molar-refractivity contribution is 0.0952. The van der Waals surface area contributed by atoms with Crippen molar-refractivity contribution >= 4 is 28.5 Å². The Kier molecular flexibility index (Phi) is 2.77. The van der Waals surface area contributed by atoms with Crippen molar-refractivity contribution in [3.63, 3.8) is 0 Å². The third kappa shape index (κ3) is 1.87. The van der Waals surface area contributed by atoms with Crippen LogP contribution in [-0.2, 0) is 0 Å². The summed E-state index contributed by atoms with van der Waals surface area (Å²) >= 11 is 2.04. The molecule has 1 amide bonds. The molecule has 0 spiro atoms. The third-order valence-electron chi connectivity index (χ3n) is 1.14. The van der Waals surface area contributed by atoms with Crippen molar-refractivity contribution in [3.8, 4) is 0 Å². The topological polar surface area (TPSA) is 68.0 Å². The molecule has 1 aromatic heterocycles. The van der Waals surface area contributed by atoms with Crippen molar-refractivity contribution in [2.24, 2.45) is 5.84 Å². The molecule has 58 valence electrons. The average Bonchev–Trinajstić information content (AvgIpc) is 2.04. The summed E-state index contributed by atoms with van der Waals surface area (Å²) in [5.41, 5.74) is 2.53. The molecular formula is C6H6IN3O. The highest BCUT2D eigenvalue weighted by Gasteiger charge is 2.06. The van der Waals surface area contributed by atoms with Gasteiger partial charge < -0.3 is 0 Å². The Morgan fingerprint density at radius 2 is 2.45 bits per heavy atom. The van der Waals surface area contributed by atoms with E-state index < -0.39 is 0 Å². The van der Waals surface area contributed by atoms with E-state index in [1.807, 2.05) is 28.0 Å². The average molecular weight is 263 g/mol. The van der Waals surface area contributed by atoms with E-state index in [-0.39, 0.29) is 5.91 Å². The summed E-state index contributed by atoms with van der Waals surface area (Å²) in [5, 5.41) is 0. The fourth-order valence-corrected chi connectivity index (χ4v) is 1.17. The second-order valence-corrected chi connectivity index (χ2v) is 2.99. The Bertz CT molecular complexity index is 276. The van der Waals surface area contributed by atoms with E-state index in [4.69, 9.17) is 5.84 Å². The monoisotopic (exact) mass is 263 g/mol. The second-order valence-electron chi connectivity index (χ2n) is 1.83. The van der Waals surface area contributed by atoms with Crippen LogP contribution in [0.15, 0.2) is 18.5 Å². The lowest BCUT2D eigenvalue weighted by atomic mass is 10.3. The maximum Gasteiger partial charge on any atom is 0.267 e. The Balaban J connectivity index is 3.03. The molecule has 0 aliphatic rings. The normalized spacial score (nSPS) is 9.27. The zero-order valence-electron chi connectivity index (χ0n) is 5.54. The Morgan fingerprint density at radius 1 is 1.73 bits per heavy atom. The fraction of sp³-hybridized carbons (Fsp3) is 0. The minimum atomic E-state index is -0.317. The largest absolute Gasteiger partial charge is 0.290 e. The summed E-state index contributed by atoms with van der Waals surface area (Å²) in [4.78, 5) is 14.7. The second kappa shape index (κ2) is 3.63. The maximum atomic E-state index is 11.0. The number of amides is 1. The smallest absolute Gasteiger partial charge is 0.267 e. The van der Waals surface area contributed by atoms with E-state index in [9.17, 15) is 4.79 Å². The van der Waals surface area contributed by atoms with Crippen molar-refractivity contribution in [2.75, 3.05) is 0 Å². The van der Waals surface area contributed by atoms with Crippen LogP contribution in [0.1, 0.15) is 10.4 Å². The molecule has 0 bridgehead atoms. The van der Waals surface area contributed by atoms with Gasteiger partial charge in [-0.05, 0) is 28.7 Å². The predicted octanol–water partition coefficient (Wildman–Crippen LogP) is 0.290. The van der Waals surface area contributed by atoms with Crippen LogP contribution in [0.25, 0.3) is 0 Å². The molecular weight excluding hydrogens is 257 g/mol. The molecule has 0 fully saturated rings. The van der Waals surface area contributed by atoms with Gasteiger partial charge in [-0.2, -0.15) is 0 Å². The minimum Gasteiger partial charge on any atom is -0.290 e. The molecule has 1 aromatic rings. The Hall–Kier alpha value is -0.690. The first-order valence-electron chi connectivity index (χ1n) is 2.86. The lowest BCUT2D eigenvalue weighted by Gasteiger charge is -1.99. The highest BCUT2D eigenvalue weighted by Crippen LogP contribution is 2.08. The molecule has 11 heavy (non-hydrogen) atoms. The number of aromatic nitrogens is 1. The van der Waals surface area contributed by atoms with Gasteiger partial charge in [0, 0.05) is 16.0 Å². The lowest BCUT2D eigenvalue weighted by Crippen LogP contribution is -2.30. The molecule has 0 saturated heterocycles. The zero-order valence-corrected chi connectivity index (χ0v) is 7.70. The Labute approximate surface area is 77.3 Å². The number of nitrogens with two attached hydrogens (primary N) is 1. The number of hydrogen-bond donors (Lipinski definition) is 2. The standard InChI is InChI=1S/C6H6IN3O/c7-5-1-2-9-3-4(5)6(11)10-8/h1-3H,8H2,(H,10,11). The number of nitrogens with zero attached hydrogens (tertiary/aromatic N) is 1. The summed E-state index contributed by atoms with van der Waals surface area (Å²) in [6, 6.07) is 1.74. The number of pyridine rings is 1. The number of halogens is 1. The predicted molar refractivity (Wildman–Crippen MR) is 48.6 cm³/mol. The summed E-state index contributed by atoms with van der Waals surface area (Å²) in [5.74, 6) is 4.63. The summed E-state index contributed by atoms with van der Waals surface area (Å²) in [6.45, 7) is 0. The summed E-state index contributed by atoms with van der Waals surface area (Å²) < 4.78 is 0.834. The van der Waals surface area contributed by atoms with Crippen LogP contribution in [0, 0.1) is 3.57 Å². The van der Waals surface area contributed by atoms with Gasteiger partial charge in [-0.1, -0.05) is 0 Å². The fourth-order valence-electron chi connectivity index (χ4n) is 0.622. The van der Waals surface area contributed by atoms with Crippen molar-refractivity contribution in [2.45, 2.75) is 0 Å². The number of hydrogen-bond acceptors (Lipinski definition) is 3. The van der Waals surface area contributed by atoms with Crippen LogP contribution in [0.3, 0.4) is 0 Å². The zero-order chi connectivity index (χ0) is 8.27. The van der Waals surface area contributed by atoms with Crippen molar-refractivity contribution in [1.29, 1.82) is 0 Å². The van der Waals surface area contributed by atoms with Crippen LogP contribution in [-0.4, -0.2) is 10.9 Å². The first-order valence-corrected chi connectivity index (χ1v) is 3.94. The van der Waals surface area contributed by atoms with Crippen LogP contribution < -0.4 is 11.3 Å². The molecule has 5 heteroatoms. The van der Waals surface area contributed by atoms with E-state index in [0.717, 1.165) is 3.57 Å². The number of nitrogen functional groups attached to an aromatic ring is 1. The molecule has 4 nitrogen and oxygen atoms in total. The molecule has 0 aliphatic carbocycles. The van der Waals surface area contributed by atoms with Crippen LogP contribution in [0.2, 0.25) is 0 Å². The molecule has 0 saturated carbocycles. The molecule has 0 atom stereocenters. The van der Waals surface area contributed by atoms with Crippen molar-refractivity contribution in [1.82, 2.24) is 10.4 Å². The van der Waals surface area contributed by atoms with Gasteiger partial charge in [0.25, 0.3) is 5.91 Å². The van der Waals surface area contributed by atoms with E-state index in [1.165, 1.54) is 6.20 Å². The molecule has 1 rings (SSSR count). The van der Waals surface area contributed by atoms with Crippen molar-refractivity contribution < 1.29 is 4.79 Å². The quantitative estimate of drug-likeness (QED) is 0.331. The van der Waals surface area contributed by atoms with E-state index in [2.05, 4.69) is 4.98 Å². The van der Waals surface area contributed by atoms with Gasteiger partial charge in [0.05, 0.1) is 5.56 Å². The van der Waals surface area contributed by atoms with Crippen molar-refractivity contribution in [3.05, 3.63) is 27.6 Å². The highest BCUT2D eigenvalue weighted by molar-refractivity contribution is 14.1. The van der Waals surface area contributed by atoms with E-state index in [0.29, 0.717) is 5.56 Å².